The average Bonchev–Trinajstić information content (AvgIpc) is 3.33. The van der Waals surface area contributed by atoms with Gasteiger partial charge >= 0.3 is 0 Å². The summed E-state index contributed by atoms with van der Waals surface area (Å²) in [6.45, 7) is 3.71. The first-order valence-corrected chi connectivity index (χ1v) is 11.2. The fraction of sp³-hybridized carbons (Fsp3) is 0.421. The van der Waals surface area contributed by atoms with E-state index in [9.17, 15) is 4.79 Å². The second kappa shape index (κ2) is 10.4. The van der Waals surface area contributed by atoms with Gasteiger partial charge in [0.25, 0.3) is 5.56 Å². The number of thiazole rings is 1. The van der Waals surface area contributed by atoms with Crippen LogP contribution in [0, 0.1) is 0 Å². The number of anilines is 1. The van der Waals surface area contributed by atoms with E-state index in [0.29, 0.717) is 17.9 Å². The molecule has 28 heavy (non-hydrogen) atoms. The highest BCUT2D eigenvalue weighted by atomic mass is 32.2. The van der Waals surface area contributed by atoms with Crippen molar-refractivity contribution in [3.8, 4) is 0 Å². The van der Waals surface area contributed by atoms with Crippen molar-refractivity contribution >= 4 is 29.0 Å². The number of thioether (sulfide) groups is 1. The van der Waals surface area contributed by atoms with Crippen molar-refractivity contribution in [1.29, 1.82) is 0 Å². The molecule has 3 N–H and O–H groups in total. The van der Waals surface area contributed by atoms with Crippen molar-refractivity contribution in [2.45, 2.75) is 32.1 Å². The Balaban J connectivity index is 1.44. The van der Waals surface area contributed by atoms with Gasteiger partial charge in [0.2, 0.25) is 5.95 Å². The van der Waals surface area contributed by atoms with Crippen LogP contribution in [0.1, 0.15) is 33.8 Å². The first-order chi connectivity index (χ1) is 13.7. The van der Waals surface area contributed by atoms with E-state index in [-0.39, 0.29) is 5.56 Å². The van der Waals surface area contributed by atoms with E-state index in [4.69, 9.17) is 9.40 Å². The fourth-order valence-corrected chi connectivity index (χ4v) is 4.65. The predicted octanol–water partition coefficient (Wildman–Crippen LogP) is 3.04. The molecular weight excluding hydrogens is 394 g/mol. The summed E-state index contributed by atoms with van der Waals surface area (Å²) in [5.41, 5.74) is 1.63. The van der Waals surface area contributed by atoms with Crippen LogP contribution in [-0.2, 0) is 25.1 Å². The Labute approximate surface area is 172 Å². The lowest BCUT2D eigenvalue weighted by atomic mass is 10.2. The van der Waals surface area contributed by atoms with Crippen LogP contribution in [0.25, 0.3) is 0 Å². The smallest absolute Gasteiger partial charge is 0.255 e. The summed E-state index contributed by atoms with van der Waals surface area (Å²) >= 11 is 3.62. The molecule has 150 valence electrons. The molecule has 9 heteroatoms. The van der Waals surface area contributed by atoms with E-state index < -0.39 is 0 Å². The van der Waals surface area contributed by atoms with Gasteiger partial charge in [0, 0.05) is 47.7 Å². The Bertz CT molecular complexity index is 921. The maximum Gasteiger partial charge on any atom is 0.255 e. The van der Waals surface area contributed by atoms with Crippen LogP contribution < -0.4 is 16.2 Å². The number of furan rings is 1. The summed E-state index contributed by atoms with van der Waals surface area (Å²) in [5, 5.41) is 7.47. The highest BCUT2D eigenvalue weighted by Gasteiger charge is 2.09. The van der Waals surface area contributed by atoms with Crippen LogP contribution in [0.15, 0.2) is 33.8 Å². The number of rotatable bonds is 11. The van der Waals surface area contributed by atoms with Gasteiger partial charge in [0.15, 0.2) is 0 Å². The van der Waals surface area contributed by atoms with Crippen LogP contribution in [0.5, 0.6) is 0 Å². The van der Waals surface area contributed by atoms with Gasteiger partial charge in [0.05, 0.1) is 12.0 Å². The van der Waals surface area contributed by atoms with Gasteiger partial charge in [-0.25, -0.2) is 9.97 Å². The topological polar surface area (TPSA) is 95.8 Å². The molecule has 0 saturated heterocycles. The lowest BCUT2D eigenvalue weighted by Crippen LogP contribution is -2.18. The van der Waals surface area contributed by atoms with Gasteiger partial charge in [-0.1, -0.05) is 6.92 Å². The molecule has 0 saturated carbocycles. The molecule has 7 nitrogen and oxygen atoms in total. The van der Waals surface area contributed by atoms with Crippen LogP contribution in [-0.4, -0.2) is 34.3 Å². The summed E-state index contributed by atoms with van der Waals surface area (Å²) in [5.74, 6) is 3.04. The summed E-state index contributed by atoms with van der Waals surface area (Å²) in [6.07, 6.45) is 4.66. The van der Waals surface area contributed by atoms with Gasteiger partial charge in [-0.05, 0) is 25.6 Å². The van der Waals surface area contributed by atoms with Crippen LogP contribution in [0.4, 0.5) is 5.95 Å². The Morgan fingerprint density at radius 2 is 2.29 bits per heavy atom. The maximum atomic E-state index is 12.2. The fourth-order valence-electron chi connectivity index (χ4n) is 2.70. The minimum atomic E-state index is -0.145. The Hall–Kier alpha value is -2.10. The van der Waals surface area contributed by atoms with Crippen molar-refractivity contribution in [2.75, 3.05) is 24.7 Å². The first kappa shape index (κ1) is 20.6. The van der Waals surface area contributed by atoms with Crippen molar-refractivity contribution in [1.82, 2.24) is 20.3 Å². The van der Waals surface area contributed by atoms with E-state index in [1.54, 1.807) is 29.9 Å². The molecule has 0 fully saturated rings. The third-order valence-electron chi connectivity index (χ3n) is 4.07. The van der Waals surface area contributed by atoms with Gasteiger partial charge in [0.1, 0.15) is 10.8 Å². The molecule has 0 amide bonds. The van der Waals surface area contributed by atoms with Crippen molar-refractivity contribution in [2.24, 2.45) is 0 Å². The second-order valence-corrected chi connectivity index (χ2v) is 8.46. The number of nitrogens with one attached hydrogen (secondary N) is 3. The molecule has 0 aliphatic carbocycles. The van der Waals surface area contributed by atoms with E-state index in [1.165, 1.54) is 10.6 Å². The zero-order valence-electron chi connectivity index (χ0n) is 16.1. The standard InChI is InChI=1S/C19H25N5O2S2/c1-3-16-15(23-17(28-16)11-20-2)12-27-8-6-21-19-22-10-13(18(25)24-19)9-14-5-4-7-26-14/h4-5,7,10,20H,3,6,8-9,11-12H2,1-2H3,(H2,21,22,24,25). The van der Waals surface area contributed by atoms with Crippen LogP contribution >= 0.6 is 23.1 Å². The maximum absolute atomic E-state index is 12.2. The van der Waals surface area contributed by atoms with Crippen LogP contribution in [0.3, 0.4) is 0 Å². The first-order valence-electron chi connectivity index (χ1n) is 9.23. The van der Waals surface area contributed by atoms with Crippen molar-refractivity contribution in [3.63, 3.8) is 0 Å². The molecule has 0 atom stereocenters. The van der Waals surface area contributed by atoms with E-state index in [2.05, 4.69) is 27.5 Å². The quantitative estimate of drug-likeness (QED) is 0.411. The lowest BCUT2D eigenvalue weighted by Gasteiger charge is -2.06. The molecule has 0 aliphatic heterocycles. The number of H-pyrrole nitrogens is 1. The van der Waals surface area contributed by atoms with Gasteiger partial charge < -0.3 is 15.1 Å². The molecule has 0 bridgehead atoms. The molecule has 3 aromatic heterocycles. The summed E-state index contributed by atoms with van der Waals surface area (Å²) < 4.78 is 5.28. The molecule has 0 aliphatic rings. The lowest BCUT2D eigenvalue weighted by molar-refractivity contribution is 0.520. The number of aromatic amines is 1. The molecule has 0 spiro atoms. The molecule has 3 aromatic rings. The molecular formula is C19H25N5O2S2. The van der Waals surface area contributed by atoms with E-state index in [1.807, 2.05) is 24.9 Å². The Kier molecular flexibility index (Phi) is 7.70. The number of hydrogen-bond acceptors (Lipinski definition) is 8. The summed E-state index contributed by atoms with van der Waals surface area (Å²) in [7, 11) is 1.94. The summed E-state index contributed by atoms with van der Waals surface area (Å²) in [4.78, 5) is 25.3. The molecule has 3 rings (SSSR count). The molecule has 0 radical (unpaired) electrons. The zero-order valence-corrected chi connectivity index (χ0v) is 17.7. The van der Waals surface area contributed by atoms with Gasteiger partial charge in [-0.3, -0.25) is 9.78 Å². The molecule has 0 aromatic carbocycles. The van der Waals surface area contributed by atoms with Crippen LogP contribution in [0.2, 0.25) is 0 Å². The van der Waals surface area contributed by atoms with Gasteiger partial charge in [-0.2, -0.15) is 11.8 Å². The van der Waals surface area contributed by atoms with Crippen molar-refractivity contribution < 1.29 is 4.42 Å². The van der Waals surface area contributed by atoms with E-state index >= 15 is 0 Å². The minimum Gasteiger partial charge on any atom is -0.469 e. The molecule has 3 heterocycles. The minimum absolute atomic E-state index is 0.145. The molecule has 0 unspecified atom stereocenters. The Morgan fingerprint density at radius 3 is 3.00 bits per heavy atom. The highest BCUT2D eigenvalue weighted by molar-refractivity contribution is 7.98. The second-order valence-electron chi connectivity index (χ2n) is 6.18. The Morgan fingerprint density at radius 1 is 1.39 bits per heavy atom. The van der Waals surface area contributed by atoms with E-state index in [0.717, 1.165) is 41.8 Å². The highest BCUT2D eigenvalue weighted by Crippen LogP contribution is 2.23. The SMILES string of the molecule is CCc1sc(CNC)nc1CSCCNc1ncc(Cc2ccco2)c(=O)[nH]1. The number of aromatic nitrogens is 3. The third kappa shape index (κ3) is 5.70. The monoisotopic (exact) mass is 419 g/mol. The summed E-state index contributed by atoms with van der Waals surface area (Å²) in [6, 6.07) is 3.65. The number of aryl methyl sites for hydroxylation is 1. The number of nitrogens with zero attached hydrogens (tertiary/aromatic N) is 2. The van der Waals surface area contributed by atoms with Gasteiger partial charge in [-0.15, -0.1) is 11.3 Å². The third-order valence-corrected chi connectivity index (χ3v) is 6.28. The zero-order chi connectivity index (χ0) is 19.8. The average molecular weight is 420 g/mol. The predicted molar refractivity (Wildman–Crippen MR) is 115 cm³/mol. The van der Waals surface area contributed by atoms with Crippen molar-refractivity contribution in [3.05, 3.63) is 61.8 Å². The number of hydrogen-bond donors (Lipinski definition) is 3. The normalized spacial score (nSPS) is 11.1. The largest absolute Gasteiger partial charge is 0.469 e.